The first-order valence-electron chi connectivity index (χ1n) is 11.8. The van der Waals surface area contributed by atoms with E-state index in [2.05, 4.69) is 27.8 Å². The van der Waals surface area contributed by atoms with Crippen LogP contribution in [0.1, 0.15) is 43.4 Å². The van der Waals surface area contributed by atoms with Crippen molar-refractivity contribution in [3.63, 3.8) is 0 Å². The van der Waals surface area contributed by atoms with E-state index < -0.39 is 0 Å². The third-order valence-corrected chi connectivity index (χ3v) is 6.37. The van der Waals surface area contributed by atoms with Crippen LogP contribution in [-0.2, 0) is 14.3 Å². The van der Waals surface area contributed by atoms with E-state index in [9.17, 15) is 14.9 Å². The van der Waals surface area contributed by atoms with Crippen molar-refractivity contribution in [3.8, 4) is 17.3 Å². The first kappa shape index (κ1) is 24.4. The van der Waals surface area contributed by atoms with E-state index in [1.807, 2.05) is 17.9 Å². The maximum absolute atomic E-state index is 12.5. The Hall–Kier alpha value is -3.77. The maximum atomic E-state index is 12.5. The molecule has 1 N–H and O–H groups in total. The Morgan fingerprint density at radius 1 is 1.34 bits per heavy atom. The smallest absolute Gasteiger partial charge is 0.247 e. The molecule has 182 valence electrons. The van der Waals surface area contributed by atoms with Crippen molar-refractivity contribution in [1.82, 2.24) is 14.9 Å². The number of methoxy groups -OCH3 is 1. The molecule has 9 heteroatoms. The molecule has 3 heterocycles. The molecule has 1 atom stereocenters. The summed E-state index contributed by atoms with van der Waals surface area (Å²) >= 11 is 0. The van der Waals surface area contributed by atoms with Gasteiger partial charge in [-0.25, -0.2) is 4.98 Å². The van der Waals surface area contributed by atoms with Crippen molar-refractivity contribution in [3.05, 3.63) is 48.3 Å². The van der Waals surface area contributed by atoms with Gasteiger partial charge in [-0.05, 0) is 44.0 Å². The number of ether oxygens (including phenoxy) is 1. The second-order valence-electron chi connectivity index (χ2n) is 8.93. The average Bonchev–Trinajstić information content (AvgIpc) is 3.72. The van der Waals surface area contributed by atoms with Gasteiger partial charge in [-0.1, -0.05) is 6.58 Å². The number of nitriles is 1. The Balaban J connectivity index is 1.63. The van der Waals surface area contributed by atoms with E-state index in [1.54, 1.807) is 25.4 Å². The fraction of sp³-hybridized carbons (Fsp3) is 0.423. The molecule has 2 amide bonds. The summed E-state index contributed by atoms with van der Waals surface area (Å²) in [4.78, 5) is 37.7. The van der Waals surface area contributed by atoms with Gasteiger partial charge in [-0.15, -0.1) is 0 Å². The van der Waals surface area contributed by atoms with Crippen LogP contribution in [0.5, 0.6) is 0 Å². The van der Waals surface area contributed by atoms with Crippen molar-refractivity contribution in [2.24, 2.45) is 0 Å². The van der Waals surface area contributed by atoms with Crippen LogP contribution >= 0.6 is 0 Å². The number of pyridine rings is 2. The summed E-state index contributed by atoms with van der Waals surface area (Å²) < 4.78 is 5.05. The lowest BCUT2D eigenvalue weighted by atomic mass is 10.0. The quantitative estimate of drug-likeness (QED) is 0.585. The zero-order chi connectivity index (χ0) is 24.9. The Labute approximate surface area is 205 Å². The SMILES string of the molecule is C=CC(=O)Nc1ccnc(-c2cc(C#N)c(N3CCN(C(=O)CCOC)[C@H](C)C3)nc2C2CC2)c1. The van der Waals surface area contributed by atoms with Gasteiger partial charge < -0.3 is 19.9 Å². The van der Waals surface area contributed by atoms with Gasteiger partial charge in [0.2, 0.25) is 11.8 Å². The Bertz CT molecular complexity index is 1170. The number of piperazine rings is 1. The van der Waals surface area contributed by atoms with Crippen LogP contribution in [0, 0.1) is 11.3 Å². The number of carbonyl (C=O) groups excluding carboxylic acids is 2. The molecule has 0 aromatic carbocycles. The predicted molar refractivity (Wildman–Crippen MR) is 133 cm³/mol. The molecule has 1 saturated heterocycles. The molecule has 0 bridgehead atoms. The van der Waals surface area contributed by atoms with Gasteiger partial charge in [0.15, 0.2) is 0 Å². The van der Waals surface area contributed by atoms with E-state index in [1.165, 1.54) is 6.08 Å². The Morgan fingerprint density at radius 3 is 2.80 bits per heavy atom. The lowest BCUT2D eigenvalue weighted by Gasteiger charge is -2.41. The number of nitrogens with one attached hydrogen (secondary N) is 1. The first-order chi connectivity index (χ1) is 16.9. The van der Waals surface area contributed by atoms with Crippen molar-refractivity contribution >= 4 is 23.3 Å². The van der Waals surface area contributed by atoms with Gasteiger partial charge in [0.25, 0.3) is 0 Å². The van der Waals surface area contributed by atoms with Gasteiger partial charge in [-0.2, -0.15) is 5.26 Å². The summed E-state index contributed by atoms with van der Waals surface area (Å²) in [5.74, 6) is 0.754. The van der Waals surface area contributed by atoms with E-state index >= 15 is 0 Å². The van der Waals surface area contributed by atoms with Crippen molar-refractivity contribution in [2.45, 2.75) is 38.1 Å². The molecular weight excluding hydrogens is 444 g/mol. The minimum Gasteiger partial charge on any atom is -0.384 e. The Kier molecular flexibility index (Phi) is 7.42. The number of nitrogens with zero attached hydrogens (tertiary/aromatic N) is 5. The van der Waals surface area contributed by atoms with Crippen LogP contribution in [0.15, 0.2) is 37.1 Å². The monoisotopic (exact) mass is 474 g/mol. The van der Waals surface area contributed by atoms with Crippen LogP contribution in [0.25, 0.3) is 11.3 Å². The molecule has 9 nitrogen and oxygen atoms in total. The topological polar surface area (TPSA) is 111 Å². The largest absolute Gasteiger partial charge is 0.384 e. The molecule has 0 radical (unpaired) electrons. The highest BCUT2D eigenvalue weighted by Gasteiger charge is 2.33. The molecule has 0 spiro atoms. The van der Waals surface area contributed by atoms with E-state index in [0.29, 0.717) is 61.3 Å². The van der Waals surface area contributed by atoms with E-state index in [0.717, 1.165) is 24.1 Å². The van der Waals surface area contributed by atoms with Gasteiger partial charge in [0.05, 0.1) is 30.0 Å². The molecule has 1 aliphatic carbocycles. The van der Waals surface area contributed by atoms with Crippen LogP contribution in [0.3, 0.4) is 0 Å². The molecule has 2 aromatic heterocycles. The number of aromatic nitrogens is 2. The zero-order valence-electron chi connectivity index (χ0n) is 20.2. The van der Waals surface area contributed by atoms with Gasteiger partial charge in [0.1, 0.15) is 11.9 Å². The molecule has 2 aliphatic rings. The second kappa shape index (κ2) is 10.7. The lowest BCUT2D eigenvalue weighted by Crippen LogP contribution is -2.54. The molecule has 0 unspecified atom stereocenters. The van der Waals surface area contributed by atoms with Gasteiger partial charge in [-0.3, -0.25) is 14.6 Å². The summed E-state index contributed by atoms with van der Waals surface area (Å²) in [5.41, 5.74) is 3.46. The highest BCUT2D eigenvalue weighted by molar-refractivity contribution is 5.99. The summed E-state index contributed by atoms with van der Waals surface area (Å²) in [7, 11) is 1.59. The highest BCUT2D eigenvalue weighted by atomic mass is 16.5. The molecule has 4 rings (SSSR count). The Morgan fingerprint density at radius 2 is 2.14 bits per heavy atom. The summed E-state index contributed by atoms with van der Waals surface area (Å²) in [6.07, 6.45) is 5.28. The zero-order valence-corrected chi connectivity index (χ0v) is 20.2. The normalized spacial score (nSPS) is 17.6. The minimum absolute atomic E-state index is 0.00248. The molecule has 1 aliphatic heterocycles. The number of amides is 2. The van der Waals surface area contributed by atoms with Crippen molar-refractivity contribution in [2.75, 3.05) is 43.6 Å². The minimum atomic E-state index is -0.301. The van der Waals surface area contributed by atoms with Gasteiger partial charge in [0, 0.05) is 56.2 Å². The van der Waals surface area contributed by atoms with Crippen LogP contribution in [0.4, 0.5) is 11.5 Å². The predicted octanol–water partition coefficient (Wildman–Crippen LogP) is 3.09. The molecule has 35 heavy (non-hydrogen) atoms. The van der Waals surface area contributed by atoms with Crippen molar-refractivity contribution in [1.29, 1.82) is 5.26 Å². The summed E-state index contributed by atoms with van der Waals surface area (Å²) in [6.45, 7) is 7.70. The maximum Gasteiger partial charge on any atom is 0.247 e. The van der Waals surface area contributed by atoms with E-state index in [4.69, 9.17) is 9.72 Å². The third kappa shape index (κ3) is 5.49. The first-order valence-corrected chi connectivity index (χ1v) is 11.8. The van der Waals surface area contributed by atoms with Crippen LogP contribution in [-0.4, -0.2) is 66.1 Å². The second-order valence-corrected chi connectivity index (χ2v) is 8.93. The average molecular weight is 475 g/mol. The number of anilines is 2. The fourth-order valence-corrected chi connectivity index (χ4v) is 4.42. The molecule has 2 aromatic rings. The third-order valence-electron chi connectivity index (χ3n) is 6.37. The van der Waals surface area contributed by atoms with Gasteiger partial charge >= 0.3 is 0 Å². The number of hydrogen-bond donors (Lipinski definition) is 1. The molecular formula is C26H30N6O3. The standard InChI is InChI=1S/C26H30N6O3/c1-4-23(33)29-20-7-9-28-22(14-20)21-13-19(15-27)26(30-25(21)18-5-6-18)31-10-11-32(17(2)16-31)24(34)8-12-35-3/h4,7,9,13-14,17-18H,1,5-6,8,10-12,16H2,2-3H3,(H,28,29,33)/t17-/m1/s1. The lowest BCUT2D eigenvalue weighted by molar-refractivity contribution is -0.134. The molecule has 1 saturated carbocycles. The van der Waals surface area contributed by atoms with Crippen LogP contribution < -0.4 is 10.2 Å². The van der Waals surface area contributed by atoms with E-state index in [-0.39, 0.29) is 17.9 Å². The highest BCUT2D eigenvalue weighted by Crippen LogP contribution is 2.45. The number of carbonyl (C=O) groups is 2. The fourth-order valence-electron chi connectivity index (χ4n) is 4.42. The number of rotatable bonds is 8. The molecule has 2 fully saturated rings. The summed E-state index contributed by atoms with van der Waals surface area (Å²) in [6, 6.07) is 7.67. The number of hydrogen-bond acceptors (Lipinski definition) is 7. The summed E-state index contributed by atoms with van der Waals surface area (Å²) in [5, 5.41) is 12.7. The van der Waals surface area contributed by atoms with Crippen LogP contribution in [0.2, 0.25) is 0 Å². The van der Waals surface area contributed by atoms with Crippen molar-refractivity contribution < 1.29 is 14.3 Å².